The van der Waals surface area contributed by atoms with Crippen LogP contribution in [0.15, 0.2) is 42.6 Å². The predicted molar refractivity (Wildman–Crippen MR) is 60.5 cm³/mol. The van der Waals surface area contributed by atoms with Gasteiger partial charge in [-0.3, -0.25) is 10.2 Å². The van der Waals surface area contributed by atoms with Crippen molar-refractivity contribution in [2.45, 2.75) is 18.3 Å². The molecule has 0 radical (unpaired) electrons. The first-order chi connectivity index (χ1) is 8.75. The van der Waals surface area contributed by atoms with E-state index in [0.717, 1.165) is 0 Å². The fourth-order valence-electron chi connectivity index (χ4n) is 1.82. The molecule has 7 heteroatoms. The Morgan fingerprint density at radius 2 is 1.95 bits per heavy atom. The number of hydrogen-bond acceptors (Lipinski definition) is 3. The van der Waals surface area contributed by atoms with E-state index in [1.165, 1.54) is 24.3 Å². The Kier molecular flexibility index (Phi) is 3.01. The first-order valence-electron chi connectivity index (χ1n) is 5.39. The van der Waals surface area contributed by atoms with Crippen molar-refractivity contribution in [2.24, 2.45) is 0 Å². The van der Waals surface area contributed by atoms with Crippen molar-refractivity contribution in [2.75, 3.05) is 0 Å². The molecule has 1 aliphatic rings. The standard InChI is InChI=1S/C12H11F3N2O2/c1-8-7-11(19,12(13,14)15)17(16-8)10(18)9-5-3-2-4-6-9/h2-6,16,19H,1,7H2. The number of rotatable bonds is 1. The summed E-state index contributed by atoms with van der Waals surface area (Å²) in [4.78, 5) is 12.0. The van der Waals surface area contributed by atoms with Gasteiger partial charge in [-0.2, -0.15) is 13.2 Å². The van der Waals surface area contributed by atoms with Crippen molar-refractivity contribution in [3.8, 4) is 0 Å². The van der Waals surface area contributed by atoms with Gasteiger partial charge in [0.05, 0.1) is 0 Å². The summed E-state index contributed by atoms with van der Waals surface area (Å²) in [6.45, 7) is 3.32. The van der Waals surface area contributed by atoms with E-state index in [1.807, 2.05) is 0 Å². The van der Waals surface area contributed by atoms with Crippen LogP contribution >= 0.6 is 0 Å². The van der Waals surface area contributed by atoms with Gasteiger partial charge in [-0.25, -0.2) is 5.01 Å². The average molecular weight is 272 g/mol. The van der Waals surface area contributed by atoms with Crippen LogP contribution in [0.25, 0.3) is 0 Å². The Hall–Kier alpha value is -2.02. The quantitative estimate of drug-likeness (QED) is 0.819. The van der Waals surface area contributed by atoms with E-state index >= 15 is 0 Å². The second-order valence-electron chi connectivity index (χ2n) is 4.21. The van der Waals surface area contributed by atoms with Gasteiger partial charge in [0.25, 0.3) is 11.6 Å². The highest BCUT2D eigenvalue weighted by atomic mass is 19.4. The molecule has 0 bridgehead atoms. The number of benzene rings is 1. The smallest absolute Gasteiger partial charge is 0.362 e. The SMILES string of the molecule is C=C1CC(O)(C(F)(F)F)N(C(=O)c2ccccc2)N1. The number of nitrogens with one attached hydrogen (secondary N) is 1. The molecule has 1 amide bonds. The Labute approximate surface area is 107 Å². The third kappa shape index (κ3) is 2.17. The lowest BCUT2D eigenvalue weighted by atomic mass is 10.1. The molecule has 1 atom stereocenters. The van der Waals surface area contributed by atoms with Gasteiger partial charge >= 0.3 is 6.18 Å². The number of carbonyl (C=O) groups is 1. The maximum atomic E-state index is 12.9. The molecule has 1 fully saturated rings. The second kappa shape index (κ2) is 4.27. The van der Waals surface area contributed by atoms with Crippen molar-refractivity contribution in [3.05, 3.63) is 48.2 Å². The summed E-state index contributed by atoms with van der Waals surface area (Å²) in [6, 6.07) is 7.39. The molecule has 4 nitrogen and oxygen atoms in total. The molecular weight excluding hydrogens is 261 g/mol. The van der Waals surface area contributed by atoms with Crippen molar-refractivity contribution >= 4 is 5.91 Å². The molecule has 1 saturated heterocycles. The lowest BCUT2D eigenvalue weighted by molar-refractivity contribution is -0.299. The summed E-state index contributed by atoms with van der Waals surface area (Å²) in [7, 11) is 0. The summed E-state index contributed by atoms with van der Waals surface area (Å²) >= 11 is 0. The van der Waals surface area contributed by atoms with Gasteiger partial charge in [0.2, 0.25) is 0 Å². The fraction of sp³-hybridized carbons (Fsp3) is 0.250. The van der Waals surface area contributed by atoms with Gasteiger partial charge in [-0.1, -0.05) is 24.8 Å². The van der Waals surface area contributed by atoms with Crippen molar-refractivity contribution < 1.29 is 23.1 Å². The molecule has 2 rings (SSSR count). The number of halogens is 3. The lowest BCUT2D eigenvalue weighted by Crippen LogP contribution is -2.59. The van der Waals surface area contributed by atoms with Crippen LogP contribution in [0, 0.1) is 0 Å². The van der Waals surface area contributed by atoms with E-state index in [-0.39, 0.29) is 16.3 Å². The highest BCUT2D eigenvalue weighted by molar-refractivity contribution is 5.94. The molecule has 1 unspecified atom stereocenters. The molecule has 0 spiro atoms. The molecule has 0 aliphatic carbocycles. The molecule has 2 N–H and O–H groups in total. The molecule has 1 aliphatic heterocycles. The fourth-order valence-corrected chi connectivity index (χ4v) is 1.82. The van der Waals surface area contributed by atoms with Crippen LogP contribution in [-0.2, 0) is 0 Å². The number of hydrogen-bond donors (Lipinski definition) is 2. The van der Waals surface area contributed by atoms with E-state index in [9.17, 15) is 23.1 Å². The van der Waals surface area contributed by atoms with Gasteiger partial charge in [0.1, 0.15) is 0 Å². The third-order valence-electron chi connectivity index (χ3n) is 2.78. The van der Waals surface area contributed by atoms with Gasteiger partial charge < -0.3 is 5.11 Å². The minimum atomic E-state index is -4.98. The minimum absolute atomic E-state index is 0.0346. The normalized spacial score (nSPS) is 23.4. The summed E-state index contributed by atoms with van der Waals surface area (Å²) in [6.07, 6.45) is -5.78. The van der Waals surface area contributed by atoms with E-state index in [4.69, 9.17) is 0 Å². The molecule has 102 valence electrons. The minimum Gasteiger partial charge on any atom is -0.362 e. The first kappa shape index (κ1) is 13.4. The first-order valence-corrected chi connectivity index (χ1v) is 5.39. The van der Waals surface area contributed by atoms with Gasteiger partial charge in [0, 0.05) is 17.7 Å². The second-order valence-corrected chi connectivity index (χ2v) is 4.21. The molecule has 19 heavy (non-hydrogen) atoms. The maximum absolute atomic E-state index is 12.9. The Morgan fingerprint density at radius 3 is 2.47 bits per heavy atom. The number of alkyl halides is 3. The van der Waals surface area contributed by atoms with Crippen molar-refractivity contribution in [1.82, 2.24) is 10.4 Å². The summed E-state index contributed by atoms with van der Waals surface area (Å²) in [5, 5.41) is 9.92. The Balaban J connectivity index is 2.38. The lowest BCUT2D eigenvalue weighted by Gasteiger charge is -2.33. The highest BCUT2D eigenvalue weighted by Crippen LogP contribution is 2.41. The zero-order valence-electron chi connectivity index (χ0n) is 9.74. The zero-order chi connectivity index (χ0) is 14.3. The zero-order valence-corrected chi connectivity index (χ0v) is 9.74. The summed E-state index contributed by atoms with van der Waals surface area (Å²) < 4.78 is 38.8. The highest BCUT2D eigenvalue weighted by Gasteiger charge is 2.63. The van der Waals surface area contributed by atoms with Gasteiger partial charge in [-0.05, 0) is 12.1 Å². The largest absolute Gasteiger partial charge is 0.438 e. The number of nitrogens with zero attached hydrogens (tertiary/aromatic N) is 1. The Morgan fingerprint density at radius 1 is 1.37 bits per heavy atom. The topological polar surface area (TPSA) is 52.6 Å². The van der Waals surface area contributed by atoms with Crippen LogP contribution in [0.3, 0.4) is 0 Å². The monoisotopic (exact) mass is 272 g/mol. The maximum Gasteiger partial charge on any atom is 0.438 e. The molecular formula is C12H11F3N2O2. The van der Waals surface area contributed by atoms with Crippen molar-refractivity contribution in [1.29, 1.82) is 0 Å². The van der Waals surface area contributed by atoms with Gasteiger partial charge in [-0.15, -0.1) is 0 Å². The number of hydrazine groups is 1. The van der Waals surface area contributed by atoms with E-state index in [1.54, 1.807) is 6.07 Å². The third-order valence-corrected chi connectivity index (χ3v) is 2.78. The van der Waals surface area contributed by atoms with E-state index in [0.29, 0.717) is 0 Å². The molecule has 1 aromatic rings. The van der Waals surface area contributed by atoms with Crippen molar-refractivity contribution in [3.63, 3.8) is 0 Å². The summed E-state index contributed by atoms with van der Waals surface area (Å²) in [5.41, 5.74) is -1.16. The number of carbonyl (C=O) groups excluding carboxylic acids is 1. The van der Waals surface area contributed by atoms with Gasteiger partial charge in [0.15, 0.2) is 0 Å². The van der Waals surface area contributed by atoms with Crippen LogP contribution in [-0.4, -0.2) is 27.9 Å². The summed E-state index contributed by atoms with van der Waals surface area (Å²) in [5.74, 6) is -0.973. The molecule has 0 aromatic heterocycles. The van der Waals surface area contributed by atoms with Crippen LogP contribution in [0.5, 0.6) is 0 Å². The van der Waals surface area contributed by atoms with E-state index in [2.05, 4.69) is 12.0 Å². The van der Waals surface area contributed by atoms with Crippen LogP contribution in [0.2, 0.25) is 0 Å². The number of aliphatic hydroxyl groups is 1. The van der Waals surface area contributed by atoms with E-state index < -0.39 is 24.2 Å². The predicted octanol–water partition coefficient (Wildman–Crippen LogP) is 1.80. The average Bonchev–Trinajstić information content (AvgIpc) is 2.65. The van der Waals surface area contributed by atoms with Crippen LogP contribution in [0.4, 0.5) is 13.2 Å². The number of amides is 1. The molecule has 0 saturated carbocycles. The van der Waals surface area contributed by atoms with Crippen LogP contribution in [0.1, 0.15) is 16.8 Å². The molecule has 1 aromatic carbocycles. The Bertz CT molecular complexity index is 515. The molecule has 1 heterocycles. The van der Waals surface area contributed by atoms with Crippen LogP contribution < -0.4 is 5.43 Å².